The lowest BCUT2D eigenvalue weighted by Crippen LogP contribution is -2.52. The van der Waals surface area contributed by atoms with Gasteiger partial charge in [-0.2, -0.15) is 17.5 Å². The van der Waals surface area contributed by atoms with Crippen molar-refractivity contribution in [2.24, 2.45) is 4.99 Å². The Labute approximate surface area is 169 Å². The van der Waals surface area contributed by atoms with Gasteiger partial charge < -0.3 is 15.4 Å². The average Bonchev–Trinajstić information content (AvgIpc) is 3.13. The second kappa shape index (κ2) is 9.36. The molecule has 0 aromatic rings. The molecule has 29 heavy (non-hydrogen) atoms. The zero-order chi connectivity index (χ0) is 21.1. The molecule has 3 saturated heterocycles. The molecule has 0 aromatic carbocycles. The third-order valence-corrected chi connectivity index (χ3v) is 7.32. The van der Waals surface area contributed by atoms with E-state index >= 15 is 0 Å². The number of alkyl halides is 3. The molecule has 2 atom stereocenters. The summed E-state index contributed by atoms with van der Waals surface area (Å²) in [5, 5.41) is 6.36. The maximum atomic E-state index is 12.7. The van der Waals surface area contributed by atoms with E-state index in [0.717, 1.165) is 19.7 Å². The van der Waals surface area contributed by atoms with Gasteiger partial charge in [0.1, 0.15) is 0 Å². The SMILES string of the molecule is CCNC(=NCC1CN2CCCC2CO1)NC1CCN(S(=O)(=O)C(F)(F)F)CC1. The molecule has 3 rings (SSSR count). The molecular weight excluding hydrogens is 411 g/mol. The first-order valence-electron chi connectivity index (χ1n) is 10.2. The Morgan fingerprint density at radius 1 is 1.21 bits per heavy atom. The van der Waals surface area contributed by atoms with Gasteiger partial charge in [-0.15, -0.1) is 0 Å². The number of ether oxygens (including phenoxy) is 1. The standard InChI is InChI=1S/C17H30F3N5O3S/c1-2-21-16(22-10-15-11-24-7-3-4-14(24)12-28-15)23-13-5-8-25(9-6-13)29(26,27)17(18,19)20/h13-15H,2-12H2,1H3,(H2,21,22,23). The van der Waals surface area contributed by atoms with Crippen molar-refractivity contribution in [3.63, 3.8) is 0 Å². The number of nitrogens with one attached hydrogen (secondary N) is 2. The number of guanidine groups is 1. The molecule has 0 aromatic heterocycles. The number of aliphatic imine (C=N–C) groups is 1. The molecule has 8 nitrogen and oxygen atoms in total. The molecule has 3 aliphatic rings. The molecule has 3 aliphatic heterocycles. The molecule has 0 saturated carbocycles. The van der Waals surface area contributed by atoms with Gasteiger partial charge in [-0.3, -0.25) is 9.89 Å². The summed E-state index contributed by atoms with van der Waals surface area (Å²) in [5.41, 5.74) is -5.25. The summed E-state index contributed by atoms with van der Waals surface area (Å²) in [5.74, 6) is 0.580. The second-order valence-electron chi connectivity index (χ2n) is 7.73. The second-order valence-corrected chi connectivity index (χ2v) is 9.66. The number of nitrogens with zero attached hydrogens (tertiary/aromatic N) is 3. The number of sulfonamides is 1. The lowest BCUT2D eigenvalue weighted by atomic mass is 10.1. The van der Waals surface area contributed by atoms with E-state index < -0.39 is 15.5 Å². The van der Waals surface area contributed by atoms with Gasteiger partial charge in [-0.1, -0.05) is 0 Å². The molecular formula is C17H30F3N5O3S. The Kier molecular flexibility index (Phi) is 7.28. The van der Waals surface area contributed by atoms with Gasteiger partial charge in [0.2, 0.25) is 0 Å². The summed E-state index contributed by atoms with van der Waals surface area (Å²) in [6, 6.07) is 0.391. The highest BCUT2D eigenvalue weighted by Crippen LogP contribution is 2.29. The zero-order valence-corrected chi connectivity index (χ0v) is 17.4. The van der Waals surface area contributed by atoms with Crippen LogP contribution in [-0.4, -0.2) is 93.2 Å². The summed E-state index contributed by atoms with van der Waals surface area (Å²) in [6.45, 7) is 5.44. The van der Waals surface area contributed by atoms with E-state index in [1.165, 1.54) is 12.8 Å². The van der Waals surface area contributed by atoms with Gasteiger partial charge >= 0.3 is 15.5 Å². The molecule has 0 spiro atoms. The zero-order valence-electron chi connectivity index (χ0n) is 16.6. The van der Waals surface area contributed by atoms with Gasteiger partial charge in [0.15, 0.2) is 5.96 Å². The first kappa shape index (κ1) is 22.6. The van der Waals surface area contributed by atoms with Gasteiger partial charge in [0.05, 0.1) is 19.3 Å². The number of halogens is 3. The van der Waals surface area contributed by atoms with Crippen LogP contribution in [-0.2, 0) is 14.8 Å². The molecule has 3 heterocycles. The monoisotopic (exact) mass is 441 g/mol. The third kappa shape index (κ3) is 5.53. The number of piperidine rings is 1. The highest BCUT2D eigenvalue weighted by molar-refractivity contribution is 7.90. The third-order valence-electron chi connectivity index (χ3n) is 5.69. The molecule has 12 heteroatoms. The van der Waals surface area contributed by atoms with E-state index in [4.69, 9.17) is 4.74 Å². The Hall–Kier alpha value is -1.11. The summed E-state index contributed by atoms with van der Waals surface area (Å²) in [7, 11) is -5.26. The van der Waals surface area contributed by atoms with Crippen molar-refractivity contribution in [1.29, 1.82) is 0 Å². The van der Waals surface area contributed by atoms with Gasteiger partial charge in [-0.25, -0.2) is 8.42 Å². The smallest absolute Gasteiger partial charge is 0.373 e. The predicted octanol–water partition coefficient (Wildman–Crippen LogP) is 0.719. The van der Waals surface area contributed by atoms with E-state index in [9.17, 15) is 21.6 Å². The fourth-order valence-electron chi connectivity index (χ4n) is 4.09. The van der Waals surface area contributed by atoms with Crippen molar-refractivity contribution in [2.75, 3.05) is 45.9 Å². The number of hydrogen-bond donors (Lipinski definition) is 2. The van der Waals surface area contributed by atoms with Crippen molar-refractivity contribution in [1.82, 2.24) is 19.8 Å². The van der Waals surface area contributed by atoms with Crippen molar-refractivity contribution in [3.05, 3.63) is 0 Å². The molecule has 3 fully saturated rings. The minimum Gasteiger partial charge on any atom is -0.373 e. The van der Waals surface area contributed by atoms with Crippen molar-refractivity contribution in [2.45, 2.75) is 56.3 Å². The van der Waals surface area contributed by atoms with Crippen LogP contribution in [0.2, 0.25) is 0 Å². The van der Waals surface area contributed by atoms with Crippen molar-refractivity contribution >= 4 is 16.0 Å². The van der Waals surface area contributed by atoms with Crippen LogP contribution in [0.4, 0.5) is 13.2 Å². The Morgan fingerprint density at radius 2 is 1.93 bits per heavy atom. The van der Waals surface area contributed by atoms with Crippen molar-refractivity contribution < 1.29 is 26.3 Å². The van der Waals surface area contributed by atoms with Gasteiger partial charge in [-0.05, 0) is 39.2 Å². The maximum absolute atomic E-state index is 12.7. The van der Waals surface area contributed by atoms with Crippen LogP contribution in [0.15, 0.2) is 4.99 Å². The van der Waals surface area contributed by atoms with Crippen LogP contribution < -0.4 is 10.6 Å². The highest BCUT2D eigenvalue weighted by atomic mass is 32.2. The van der Waals surface area contributed by atoms with Crippen LogP contribution in [0.25, 0.3) is 0 Å². The minimum absolute atomic E-state index is 0.0265. The molecule has 2 unspecified atom stereocenters. The Balaban J connectivity index is 1.50. The largest absolute Gasteiger partial charge is 0.511 e. The molecule has 0 bridgehead atoms. The van der Waals surface area contributed by atoms with Gasteiger partial charge in [0, 0.05) is 38.3 Å². The molecule has 168 valence electrons. The lowest BCUT2D eigenvalue weighted by molar-refractivity contribution is -0.0494. The number of morpholine rings is 1. The van der Waals surface area contributed by atoms with Crippen LogP contribution >= 0.6 is 0 Å². The summed E-state index contributed by atoms with van der Waals surface area (Å²) in [4.78, 5) is 7.03. The fraction of sp³-hybridized carbons (Fsp3) is 0.941. The lowest BCUT2D eigenvalue weighted by Gasteiger charge is -2.35. The fourth-order valence-corrected chi connectivity index (χ4v) is 5.07. The number of fused-ring (bicyclic) bond motifs is 1. The number of hydrogen-bond acceptors (Lipinski definition) is 5. The number of rotatable bonds is 5. The molecule has 2 N–H and O–H groups in total. The Morgan fingerprint density at radius 3 is 2.59 bits per heavy atom. The van der Waals surface area contributed by atoms with E-state index in [1.807, 2.05) is 6.92 Å². The quantitative estimate of drug-likeness (QED) is 0.483. The van der Waals surface area contributed by atoms with Crippen LogP contribution in [0.1, 0.15) is 32.6 Å². The highest BCUT2D eigenvalue weighted by Gasteiger charge is 2.50. The minimum atomic E-state index is -5.26. The average molecular weight is 442 g/mol. The molecule has 0 amide bonds. The summed E-state index contributed by atoms with van der Waals surface area (Å²) in [6.07, 6.45) is 2.99. The molecule has 0 aliphatic carbocycles. The van der Waals surface area contributed by atoms with E-state index in [-0.39, 0.29) is 38.1 Å². The van der Waals surface area contributed by atoms with E-state index in [0.29, 0.717) is 29.4 Å². The summed E-state index contributed by atoms with van der Waals surface area (Å²) >= 11 is 0. The van der Waals surface area contributed by atoms with E-state index in [2.05, 4.69) is 20.5 Å². The normalized spacial score (nSPS) is 28.3. The van der Waals surface area contributed by atoms with Gasteiger partial charge in [0.25, 0.3) is 0 Å². The van der Waals surface area contributed by atoms with Crippen molar-refractivity contribution in [3.8, 4) is 0 Å². The topological polar surface area (TPSA) is 86.3 Å². The summed E-state index contributed by atoms with van der Waals surface area (Å²) < 4.78 is 67.5. The maximum Gasteiger partial charge on any atom is 0.511 e. The first-order valence-corrected chi connectivity index (χ1v) is 11.6. The first-order chi connectivity index (χ1) is 13.7. The molecule has 0 radical (unpaired) electrons. The van der Waals surface area contributed by atoms with E-state index in [1.54, 1.807) is 0 Å². The predicted molar refractivity (Wildman–Crippen MR) is 103 cm³/mol. The van der Waals surface area contributed by atoms with Crippen LogP contribution in [0.5, 0.6) is 0 Å². The Bertz CT molecular complexity index is 680. The van der Waals surface area contributed by atoms with Crippen LogP contribution in [0, 0.1) is 0 Å². The van der Waals surface area contributed by atoms with Crippen LogP contribution in [0.3, 0.4) is 0 Å².